The number of ether oxygens (including phenoxy) is 4. The topological polar surface area (TPSA) is 99.7 Å². The van der Waals surface area contributed by atoms with E-state index in [4.69, 9.17) is 18.9 Å². The molecule has 0 aliphatic carbocycles. The van der Waals surface area contributed by atoms with E-state index in [1.54, 1.807) is 20.4 Å². The van der Waals surface area contributed by atoms with Gasteiger partial charge in [-0.15, -0.1) is 5.10 Å². The third-order valence-electron chi connectivity index (χ3n) is 4.10. The highest BCUT2D eigenvalue weighted by atomic mass is 16.7. The van der Waals surface area contributed by atoms with Crippen LogP contribution in [0.25, 0.3) is 0 Å². The van der Waals surface area contributed by atoms with Crippen molar-refractivity contribution >= 4 is 17.5 Å². The Labute approximate surface area is 161 Å². The molecule has 0 saturated carbocycles. The minimum atomic E-state index is 0.253. The van der Waals surface area contributed by atoms with Crippen molar-refractivity contribution < 1.29 is 18.9 Å². The fraction of sp³-hybridized carbons (Fsp3) is 0.211. The van der Waals surface area contributed by atoms with Gasteiger partial charge >= 0.3 is 0 Å². The van der Waals surface area contributed by atoms with Gasteiger partial charge in [-0.2, -0.15) is 10.1 Å². The number of benzene rings is 2. The quantitative estimate of drug-likeness (QED) is 0.640. The molecule has 0 saturated heterocycles. The molecular formula is C19H19N5O4. The monoisotopic (exact) mass is 381 g/mol. The zero-order valence-corrected chi connectivity index (χ0v) is 15.4. The molecule has 2 aromatic carbocycles. The van der Waals surface area contributed by atoms with Crippen LogP contribution in [0.3, 0.4) is 0 Å². The summed E-state index contributed by atoms with van der Waals surface area (Å²) in [7, 11) is 3.18. The van der Waals surface area contributed by atoms with E-state index in [-0.39, 0.29) is 6.79 Å². The Kier molecular flexibility index (Phi) is 4.96. The van der Waals surface area contributed by atoms with Gasteiger partial charge in [0.2, 0.25) is 12.7 Å². The van der Waals surface area contributed by atoms with Gasteiger partial charge in [0.15, 0.2) is 28.8 Å². The number of anilines is 3. The summed E-state index contributed by atoms with van der Waals surface area (Å²) in [5, 5.41) is 14.3. The first-order valence-corrected chi connectivity index (χ1v) is 8.56. The van der Waals surface area contributed by atoms with Crippen LogP contribution in [0.4, 0.5) is 17.5 Å². The molecule has 2 N–H and O–H groups in total. The zero-order chi connectivity index (χ0) is 19.3. The summed E-state index contributed by atoms with van der Waals surface area (Å²) >= 11 is 0. The highest BCUT2D eigenvalue weighted by Crippen LogP contribution is 2.33. The van der Waals surface area contributed by atoms with E-state index in [0.717, 1.165) is 22.7 Å². The molecule has 1 aliphatic rings. The van der Waals surface area contributed by atoms with E-state index >= 15 is 0 Å². The van der Waals surface area contributed by atoms with Gasteiger partial charge in [-0.25, -0.2) is 0 Å². The van der Waals surface area contributed by atoms with Crippen LogP contribution in [0.1, 0.15) is 5.56 Å². The Balaban J connectivity index is 1.43. The van der Waals surface area contributed by atoms with Crippen LogP contribution >= 0.6 is 0 Å². The Morgan fingerprint density at radius 1 is 1.00 bits per heavy atom. The molecule has 9 nitrogen and oxygen atoms in total. The third kappa shape index (κ3) is 3.83. The maximum atomic E-state index is 5.39. The summed E-state index contributed by atoms with van der Waals surface area (Å²) in [6, 6.07) is 11.3. The van der Waals surface area contributed by atoms with Crippen LogP contribution < -0.4 is 29.6 Å². The summed E-state index contributed by atoms with van der Waals surface area (Å²) in [5.41, 5.74) is 1.81. The van der Waals surface area contributed by atoms with Gasteiger partial charge in [0, 0.05) is 18.3 Å². The number of rotatable bonds is 7. The highest BCUT2D eigenvalue weighted by molar-refractivity contribution is 5.61. The van der Waals surface area contributed by atoms with Crippen LogP contribution in [0.15, 0.2) is 42.6 Å². The van der Waals surface area contributed by atoms with Gasteiger partial charge in [0.1, 0.15) is 0 Å². The number of nitrogens with one attached hydrogen (secondary N) is 2. The van der Waals surface area contributed by atoms with Crippen molar-refractivity contribution in [3.8, 4) is 23.0 Å². The van der Waals surface area contributed by atoms with E-state index in [1.165, 1.54) is 0 Å². The van der Waals surface area contributed by atoms with E-state index in [9.17, 15) is 0 Å². The Morgan fingerprint density at radius 2 is 1.86 bits per heavy atom. The minimum Gasteiger partial charge on any atom is -0.493 e. The predicted molar refractivity (Wildman–Crippen MR) is 103 cm³/mol. The van der Waals surface area contributed by atoms with Crippen molar-refractivity contribution in [3.05, 3.63) is 48.2 Å². The SMILES string of the molecule is COc1ccc(Nc2cnnc(NCc3ccc4c(c3)OCO4)n2)cc1OC. The molecule has 1 aromatic heterocycles. The number of methoxy groups -OCH3 is 2. The lowest BCUT2D eigenvalue weighted by atomic mass is 10.2. The number of hydrogen-bond acceptors (Lipinski definition) is 9. The zero-order valence-electron chi connectivity index (χ0n) is 15.4. The molecule has 0 fully saturated rings. The largest absolute Gasteiger partial charge is 0.493 e. The average Bonchev–Trinajstić information content (AvgIpc) is 3.20. The van der Waals surface area contributed by atoms with E-state index in [2.05, 4.69) is 25.8 Å². The Bertz CT molecular complexity index is 982. The van der Waals surface area contributed by atoms with Crippen LogP contribution in [0.2, 0.25) is 0 Å². The highest BCUT2D eigenvalue weighted by Gasteiger charge is 2.13. The maximum absolute atomic E-state index is 5.39. The van der Waals surface area contributed by atoms with Crippen molar-refractivity contribution in [2.75, 3.05) is 31.6 Å². The first kappa shape index (κ1) is 17.7. The molecule has 3 aromatic rings. The molecule has 4 rings (SSSR count). The van der Waals surface area contributed by atoms with Crippen LogP contribution in [-0.4, -0.2) is 36.2 Å². The van der Waals surface area contributed by atoms with Crippen LogP contribution in [0, 0.1) is 0 Å². The van der Waals surface area contributed by atoms with E-state index in [0.29, 0.717) is 29.8 Å². The normalized spacial score (nSPS) is 11.8. The lowest BCUT2D eigenvalue weighted by Crippen LogP contribution is -2.06. The van der Waals surface area contributed by atoms with Crippen molar-refractivity contribution in [1.82, 2.24) is 15.2 Å². The van der Waals surface area contributed by atoms with Gasteiger partial charge in [-0.3, -0.25) is 0 Å². The average molecular weight is 381 g/mol. The van der Waals surface area contributed by atoms with Crippen molar-refractivity contribution in [3.63, 3.8) is 0 Å². The minimum absolute atomic E-state index is 0.253. The summed E-state index contributed by atoms with van der Waals surface area (Å²) < 4.78 is 21.3. The predicted octanol–water partition coefficient (Wildman–Crippen LogP) is 2.97. The van der Waals surface area contributed by atoms with E-state index < -0.39 is 0 Å². The van der Waals surface area contributed by atoms with Gasteiger partial charge in [-0.1, -0.05) is 6.07 Å². The van der Waals surface area contributed by atoms with Gasteiger partial charge in [0.05, 0.1) is 20.4 Å². The molecule has 9 heteroatoms. The molecule has 0 radical (unpaired) electrons. The van der Waals surface area contributed by atoms with Crippen molar-refractivity contribution in [1.29, 1.82) is 0 Å². The molecule has 144 valence electrons. The van der Waals surface area contributed by atoms with Crippen molar-refractivity contribution in [2.45, 2.75) is 6.54 Å². The lowest BCUT2D eigenvalue weighted by Gasteiger charge is -2.11. The summed E-state index contributed by atoms with van der Waals surface area (Å²) in [6.45, 7) is 0.779. The smallest absolute Gasteiger partial charge is 0.244 e. The molecule has 2 heterocycles. The number of hydrogen-bond donors (Lipinski definition) is 2. The number of fused-ring (bicyclic) bond motifs is 1. The standard InChI is InChI=1S/C19H19N5O4/c1-25-14-6-4-13(8-16(14)26-2)22-18-10-21-24-19(23-18)20-9-12-3-5-15-17(7-12)28-11-27-15/h3-8,10H,9,11H2,1-2H3,(H2,20,22,23,24). The molecule has 0 atom stereocenters. The Hall–Kier alpha value is -3.75. The van der Waals surface area contributed by atoms with Gasteiger partial charge in [-0.05, 0) is 29.8 Å². The molecule has 28 heavy (non-hydrogen) atoms. The molecule has 0 spiro atoms. The van der Waals surface area contributed by atoms with Crippen molar-refractivity contribution in [2.24, 2.45) is 0 Å². The lowest BCUT2D eigenvalue weighted by molar-refractivity contribution is 0.174. The molecule has 0 amide bonds. The second-order valence-corrected chi connectivity index (χ2v) is 5.90. The van der Waals surface area contributed by atoms with Gasteiger partial charge in [0.25, 0.3) is 0 Å². The molecule has 0 unspecified atom stereocenters. The van der Waals surface area contributed by atoms with Crippen LogP contribution in [0.5, 0.6) is 23.0 Å². The van der Waals surface area contributed by atoms with Crippen LogP contribution in [-0.2, 0) is 6.54 Å². The summed E-state index contributed by atoms with van der Waals surface area (Å²) in [6.07, 6.45) is 1.54. The second kappa shape index (κ2) is 7.87. The summed E-state index contributed by atoms with van der Waals surface area (Å²) in [5.74, 6) is 3.72. The van der Waals surface area contributed by atoms with E-state index in [1.807, 2.05) is 36.4 Å². The first-order chi connectivity index (χ1) is 13.7. The third-order valence-corrected chi connectivity index (χ3v) is 4.10. The number of aromatic nitrogens is 3. The first-order valence-electron chi connectivity index (χ1n) is 8.56. The molecular weight excluding hydrogens is 362 g/mol. The molecule has 0 bridgehead atoms. The second-order valence-electron chi connectivity index (χ2n) is 5.90. The number of nitrogens with zero attached hydrogens (tertiary/aromatic N) is 3. The fourth-order valence-corrected chi connectivity index (χ4v) is 2.73. The van der Waals surface area contributed by atoms with Gasteiger partial charge < -0.3 is 29.6 Å². The summed E-state index contributed by atoms with van der Waals surface area (Å²) in [4.78, 5) is 4.43. The molecule has 1 aliphatic heterocycles. The fourth-order valence-electron chi connectivity index (χ4n) is 2.73. The maximum Gasteiger partial charge on any atom is 0.244 e. The Morgan fingerprint density at radius 3 is 2.71 bits per heavy atom.